The lowest BCUT2D eigenvalue weighted by Crippen LogP contribution is -2.30. The lowest BCUT2D eigenvalue weighted by atomic mass is 10.0. The van der Waals surface area contributed by atoms with Gasteiger partial charge in [0.1, 0.15) is 13.2 Å². The monoisotopic (exact) mass is 1140 g/mol. The van der Waals surface area contributed by atoms with Gasteiger partial charge in [-0.1, -0.05) is 343 Å². The summed E-state index contributed by atoms with van der Waals surface area (Å²) >= 11 is 0. The maximum atomic E-state index is 13.0. The van der Waals surface area contributed by atoms with Crippen LogP contribution in [0.25, 0.3) is 0 Å². The van der Waals surface area contributed by atoms with Crippen LogP contribution in [0.1, 0.15) is 361 Å². The molecule has 0 radical (unpaired) electrons. The molecule has 0 aromatic rings. The summed E-state index contributed by atoms with van der Waals surface area (Å²) in [6.07, 6.45) is 93.4. The van der Waals surface area contributed by atoms with Gasteiger partial charge in [0.2, 0.25) is 0 Å². The van der Waals surface area contributed by atoms with Crippen LogP contribution >= 0.6 is 0 Å². The number of hydrogen-bond acceptors (Lipinski definition) is 6. The quantitative estimate of drug-likeness (QED) is 0.0261. The maximum Gasteiger partial charge on any atom is 0.306 e. The van der Waals surface area contributed by atoms with Gasteiger partial charge in [0.05, 0.1) is 0 Å². The molecule has 82 heavy (non-hydrogen) atoms. The molecular weight excluding hydrogens is 1010 g/mol. The van der Waals surface area contributed by atoms with Gasteiger partial charge < -0.3 is 14.2 Å². The number of esters is 3. The first kappa shape index (κ1) is 78.6. The van der Waals surface area contributed by atoms with Crippen LogP contribution in [0, 0.1) is 0 Å². The highest BCUT2D eigenvalue weighted by Gasteiger charge is 2.19. The van der Waals surface area contributed by atoms with Gasteiger partial charge in [0.15, 0.2) is 6.10 Å². The molecule has 0 heterocycles. The summed E-state index contributed by atoms with van der Waals surface area (Å²) in [5, 5.41) is 0. The lowest BCUT2D eigenvalue weighted by molar-refractivity contribution is -0.166. The Morgan fingerprint density at radius 1 is 0.256 bits per heavy atom. The highest BCUT2D eigenvalue weighted by Crippen LogP contribution is 2.18. The standard InChI is InChI=1S/C76H134O6/c1-4-7-10-13-16-19-22-25-28-31-34-36-37-38-40-42-45-48-51-54-57-60-63-66-69-75(78)81-72-73(71-80-74(77)68-65-62-59-56-53-50-47-44-41-33-30-27-24-21-18-15-12-9-6-3)82-76(79)70-67-64-61-58-55-52-49-46-43-39-35-32-29-26-23-20-17-14-11-8-5-2/h9,12,18,21,27,30,32,35,41,44,50,53,59,62,73H,4-8,10-11,13-17,19-20,22-26,28-29,31,33-34,36-40,42-43,45-49,51-52,54-58,60-61,63-72H2,1-3H3/b12-9-,21-18-,30-27-,35-32-,44-41-,53-50-,62-59-. The number of carbonyl (C=O) groups excluding carboxylic acids is 3. The normalized spacial score (nSPS) is 12.6. The topological polar surface area (TPSA) is 78.9 Å². The fraction of sp³-hybridized carbons (Fsp3) is 0.776. The minimum Gasteiger partial charge on any atom is -0.462 e. The van der Waals surface area contributed by atoms with Gasteiger partial charge in [-0.25, -0.2) is 0 Å². The van der Waals surface area contributed by atoms with Crippen molar-refractivity contribution in [2.45, 2.75) is 367 Å². The molecule has 0 amide bonds. The molecule has 0 aliphatic heterocycles. The van der Waals surface area contributed by atoms with Gasteiger partial charge in [-0.3, -0.25) is 14.4 Å². The summed E-state index contributed by atoms with van der Waals surface area (Å²) in [6.45, 7) is 6.52. The summed E-state index contributed by atoms with van der Waals surface area (Å²) < 4.78 is 16.9. The van der Waals surface area contributed by atoms with Crippen molar-refractivity contribution >= 4 is 17.9 Å². The van der Waals surface area contributed by atoms with Crippen molar-refractivity contribution in [2.24, 2.45) is 0 Å². The fourth-order valence-corrected chi connectivity index (χ4v) is 10.4. The fourth-order valence-electron chi connectivity index (χ4n) is 10.4. The van der Waals surface area contributed by atoms with Gasteiger partial charge in [-0.05, 0) is 83.5 Å². The summed E-state index contributed by atoms with van der Waals surface area (Å²) in [5.74, 6) is -0.967. The van der Waals surface area contributed by atoms with Crippen LogP contribution in [-0.4, -0.2) is 37.2 Å². The van der Waals surface area contributed by atoms with E-state index >= 15 is 0 Å². The zero-order valence-corrected chi connectivity index (χ0v) is 54.5. The molecule has 0 rings (SSSR count). The Morgan fingerprint density at radius 3 is 0.817 bits per heavy atom. The molecule has 0 aromatic carbocycles. The van der Waals surface area contributed by atoms with Crippen LogP contribution in [0.2, 0.25) is 0 Å². The Labute approximate surface area is 509 Å². The van der Waals surface area contributed by atoms with Gasteiger partial charge >= 0.3 is 17.9 Å². The largest absolute Gasteiger partial charge is 0.462 e. The van der Waals surface area contributed by atoms with Gasteiger partial charge in [-0.15, -0.1) is 0 Å². The minimum absolute atomic E-state index is 0.0972. The molecule has 0 spiro atoms. The molecule has 0 saturated heterocycles. The van der Waals surface area contributed by atoms with E-state index in [1.165, 1.54) is 238 Å². The number of rotatable bonds is 65. The zero-order valence-electron chi connectivity index (χ0n) is 54.5. The summed E-state index contributed by atoms with van der Waals surface area (Å²) in [4.78, 5) is 38.4. The predicted octanol–water partition coefficient (Wildman–Crippen LogP) is 24.6. The molecule has 0 bridgehead atoms. The van der Waals surface area contributed by atoms with Crippen LogP contribution in [0.4, 0.5) is 0 Å². The Morgan fingerprint density at radius 2 is 0.500 bits per heavy atom. The highest BCUT2D eigenvalue weighted by atomic mass is 16.6. The summed E-state index contributed by atoms with van der Waals surface area (Å²) in [6, 6.07) is 0. The minimum atomic E-state index is -0.809. The van der Waals surface area contributed by atoms with E-state index in [-0.39, 0.29) is 37.5 Å². The van der Waals surface area contributed by atoms with Crippen LogP contribution in [0.5, 0.6) is 0 Å². The molecule has 0 aliphatic carbocycles. The first-order valence-corrected chi connectivity index (χ1v) is 35.6. The first-order chi connectivity index (χ1) is 40.5. The Kier molecular flexibility index (Phi) is 67.2. The molecule has 474 valence electrons. The molecule has 1 atom stereocenters. The van der Waals surface area contributed by atoms with E-state index in [1.54, 1.807) is 0 Å². The van der Waals surface area contributed by atoms with Crippen molar-refractivity contribution in [3.63, 3.8) is 0 Å². The van der Waals surface area contributed by atoms with Crippen LogP contribution in [0.15, 0.2) is 85.1 Å². The number of ether oxygens (including phenoxy) is 3. The molecule has 0 saturated carbocycles. The van der Waals surface area contributed by atoms with Gasteiger partial charge in [0, 0.05) is 19.3 Å². The third-order valence-corrected chi connectivity index (χ3v) is 15.6. The van der Waals surface area contributed by atoms with Crippen molar-refractivity contribution < 1.29 is 28.6 Å². The van der Waals surface area contributed by atoms with Gasteiger partial charge in [0.25, 0.3) is 0 Å². The van der Waals surface area contributed by atoms with Gasteiger partial charge in [-0.2, -0.15) is 0 Å². The number of carbonyl (C=O) groups is 3. The molecular formula is C76H134O6. The number of allylic oxidation sites excluding steroid dienone is 14. The Hall–Kier alpha value is -3.41. The maximum absolute atomic E-state index is 13.0. The first-order valence-electron chi connectivity index (χ1n) is 35.6. The molecule has 6 nitrogen and oxygen atoms in total. The third kappa shape index (κ3) is 67.4. The molecule has 0 aromatic heterocycles. The Balaban J connectivity index is 4.40. The van der Waals surface area contributed by atoms with E-state index in [2.05, 4.69) is 99.8 Å². The average Bonchev–Trinajstić information content (AvgIpc) is 3.47. The average molecular weight is 1140 g/mol. The van der Waals surface area contributed by atoms with Crippen molar-refractivity contribution in [2.75, 3.05) is 13.2 Å². The molecule has 0 N–H and O–H groups in total. The van der Waals surface area contributed by atoms with Crippen molar-refractivity contribution in [3.05, 3.63) is 85.1 Å². The number of hydrogen-bond donors (Lipinski definition) is 0. The molecule has 6 heteroatoms. The van der Waals surface area contributed by atoms with E-state index < -0.39 is 6.10 Å². The zero-order chi connectivity index (χ0) is 59.2. The van der Waals surface area contributed by atoms with E-state index in [1.807, 2.05) is 6.08 Å². The van der Waals surface area contributed by atoms with Crippen molar-refractivity contribution in [1.29, 1.82) is 0 Å². The van der Waals surface area contributed by atoms with E-state index in [9.17, 15) is 14.4 Å². The summed E-state index contributed by atoms with van der Waals surface area (Å²) in [5.41, 5.74) is 0. The van der Waals surface area contributed by atoms with E-state index in [0.717, 1.165) is 77.0 Å². The second-order valence-electron chi connectivity index (χ2n) is 23.8. The van der Waals surface area contributed by atoms with Crippen molar-refractivity contribution in [3.8, 4) is 0 Å². The second kappa shape index (κ2) is 70.1. The van der Waals surface area contributed by atoms with E-state index in [4.69, 9.17) is 14.2 Å². The summed E-state index contributed by atoms with van der Waals surface area (Å²) in [7, 11) is 0. The smallest absolute Gasteiger partial charge is 0.306 e. The lowest BCUT2D eigenvalue weighted by Gasteiger charge is -2.18. The Bertz CT molecular complexity index is 1550. The predicted molar refractivity (Wildman–Crippen MR) is 358 cm³/mol. The third-order valence-electron chi connectivity index (χ3n) is 15.6. The van der Waals surface area contributed by atoms with Crippen LogP contribution in [-0.2, 0) is 28.6 Å². The highest BCUT2D eigenvalue weighted by molar-refractivity contribution is 5.71. The second-order valence-corrected chi connectivity index (χ2v) is 23.8. The number of unbranched alkanes of at least 4 members (excludes halogenated alkanes) is 40. The van der Waals surface area contributed by atoms with Crippen LogP contribution < -0.4 is 0 Å². The SMILES string of the molecule is CC/C=C\C/C=C\C/C=C\C/C=C\C/C=C\C/C=C\CCC(=O)OCC(COC(=O)CCCCCCCCCCCCCCCCCCCCCCCCCC)OC(=O)CCCCCCCCCCC/C=C\CCCCCCCCCC. The molecule has 1 unspecified atom stereocenters. The van der Waals surface area contributed by atoms with E-state index in [0.29, 0.717) is 19.3 Å². The molecule has 0 aliphatic rings. The van der Waals surface area contributed by atoms with Crippen molar-refractivity contribution in [1.82, 2.24) is 0 Å². The van der Waals surface area contributed by atoms with Crippen LogP contribution in [0.3, 0.4) is 0 Å². The molecule has 0 fully saturated rings.